The molecule has 0 aliphatic carbocycles. The summed E-state index contributed by atoms with van der Waals surface area (Å²) >= 11 is 0. The van der Waals surface area contributed by atoms with Crippen LogP contribution in [0.3, 0.4) is 0 Å². The van der Waals surface area contributed by atoms with Crippen molar-refractivity contribution in [3.63, 3.8) is 0 Å². The van der Waals surface area contributed by atoms with Crippen molar-refractivity contribution < 1.29 is 24.5 Å². The molecule has 2 aromatic rings. The molecule has 6 heteroatoms. The van der Waals surface area contributed by atoms with Gasteiger partial charge in [-0.2, -0.15) is 0 Å². The van der Waals surface area contributed by atoms with Crippen LogP contribution < -0.4 is 0 Å². The fourth-order valence-corrected chi connectivity index (χ4v) is 2.11. The number of H-pyrrole nitrogens is 1. The molecule has 1 heterocycles. The summed E-state index contributed by atoms with van der Waals surface area (Å²) in [6.45, 7) is 2.09. The average molecular weight is 319 g/mol. The second kappa shape index (κ2) is 8.75. The fraction of sp³-hybridized carbons (Fsp3) is 0.294. The van der Waals surface area contributed by atoms with Gasteiger partial charge in [-0.05, 0) is 30.5 Å². The van der Waals surface area contributed by atoms with E-state index in [9.17, 15) is 9.59 Å². The van der Waals surface area contributed by atoms with Gasteiger partial charge in [0.1, 0.15) is 12.3 Å². The van der Waals surface area contributed by atoms with Crippen molar-refractivity contribution in [2.75, 3.05) is 7.11 Å². The molecule has 2 rings (SSSR count). The van der Waals surface area contributed by atoms with Gasteiger partial charge in [-0.15, -0.1) is 0 Å². The molecule has 6 nitrogen and oxygen atoms in total. The highest BCUT2D eigenvalue weighted by Crippen LogP contribution is 2.14. The van der Waals surface area contributed by atoms with E-state index in [1.54, 1.807) is 6.07 Å². The minimum Gasteiger partial charge on any atom is -0.469 e. The first-order chi connectivity index (χ1) is 10.6. The Balaban J connectivity index is 0.00000264. The van der Waals surface area contributed by atoms with E-state index in [4.69, 9.17) is 4.74 Å². The molecular weight excluding hydrogens is 298 g/mol. The average Bonchev–Trinajstić information content (AvgIpc) is 2.92. The summed E-state index contributed by atoms with van der Waals surface area (Å²) in [4.78, 5) is 26.2. The van der Waals surface area contributed by atoms with Gasteiger partial charge < -0.3 is 19.9 Å². The number of nitrogens with one attached hydrogen (secondary N) is 1. The van der Waals surface area contributed by atoms with Crippen molar-refractivity contribution in [3.8, 4) is 0 Å². The van der Waals surface area contributed by atoms with E-state index in [1.165, 1.54) is 7.11 Å². The summed E-state index contributed by atoms with van der Waals surface area (Å²) in [6.07, 6.45) is 0.814. The van der Waals surface area contributed by atoms with Crippen molar-refractivity contribution in [3.05, 3.63) is 58.9 Å². The van der Waals surface area contributed by atoms with Gasteiger partial charge in [-0.25, -0.2) is 4.79 Å². The summed E-state index contributed by atoms with van der Waals surface area (Å²) in [5.41, 5.74) is 3.10. The number of aromatic amines is 1. The Bertz CT molecular complexity index is 648. The van der Waals surface area contributed by atoms with Crippen molar-refractivity contribution in [1.29, 1.82) is 0 Å². The molecule has 0 bridgehead atoms. The highest BCUT2D eigenvalue weighted by molar-refractivity contribution is 5.88. The van der Waals surface area contributed by atoms with E-state index in [0.717, 1.165) is 16.8 Å². The van der Waals surface area contributed by atoms with Crippen LogP contribution in [-0.4, -0.2) is 29.5 Å². The molecule has 124 valence electrons. The van der Waals surface area contributed by atoms with Gasteiger partial charge in [0.15, 0.2) is 0 Å². The zero-order chi connectivity index (χ0) is 15.9. The molecule has 0 atom stereocenters. The van der Waals surface area contributed by atoms with Crippen LogP contribution in [0.25, 0.3) is 0 Å². The summed E-state index contributed by atoms with van der Waals surface area (Å²) < 4.78 is 9.88. The van der Waals surface area contributed by atoms with Crippen LogP contribution >= 0.6 is 0 Å². The van der Waals surface area contributed by atoms with E-state index in [2.05, 4.69) is 9.72 Å². The number of hydrogen-bond donors (Lipinski definition) is 1. The first-order valence-corrected chi connectivity index (χ1v) is 7.06. The number of methoxy groups -OCH3 is 1. The minimum absolute atomic E-state index is 0. The molecule has 0 aliphatic rings. The summed E-state index contributed by atoms with van der Waals surface area (Å²) in [5, 5.41) is 0. The predicted octanol–water partition coefficient (Wildman–Crippen LogP) is 1.96. The lowest BCUT2D eigenvalue weighted by Gasteiger charge is -2.03. The Kier molecular flexibility index (Phi) is 7.02. The lowest BCUT2D eigenvalue weighted by Crippen LogP contribution is -2.05. The number of hydrogen-bond acceptors (Lipinski definition) is 4. The van der Waals surface area contributed by atoms with Gasteiger partial charge in [0.25, 0.3) is 0 Å². The van der Waals surface area contributed by atoms with E-state index >= 15 is 0 Å². The minimum atomic E-state index is -0.406. The van der Waals surface area contributed by atoms with E-state index in [-0.39, 0.29) is 24.5 Å². The second-order valence-corrected chi connectivity index (χ2v) is 4.97. The summed E-state index contributed by atoms with van der Waals surface area (Å²) in [5.74, 6) is -0.676. The maximum atomic E-state index is 12.0. The molecule has 3 N–H and O–H groups in total. The maximum absolute atomic E-state index is 12.0. The Morgan fingerprint density at radius 2 is 1.87 bits per heavy atom. The second-order valence-electron chi connectivity index (χ2n) is 4.97. The standard InChI is InChI=1S/C17H19NO4.H2O/c1-12-14(8-9-16(19)21-2)10-15(18-12)17(20)22-11-13-6-4-3-5-7-13;/h3-7,10,18H,8-9,11H2,1-2H3;1H2. The van der Waals surface area contributed by atoms with E-state index in [0.29, 0.717) is 12.1 Å². The highest BCUT2D eigenvalue weighted by Gasteiger charge is 2.14. The smallest absolute Gasteiger partial charge is 0.355 e. The van der Waals surface area contributed by atoms with Gasteiger partial charge in [-0.1, -0.05) is 30.3 Å². The Morgan fingerprint density at radius 3 is 2.52 bits per heavy atom. The lowest BCUT2D eigenvalue weighted by atomic mass is 10.1. The molecule has 0 saturated carbocycles. The summed E-state index contributed by atoms with van der Waals surface area (Å²) in [7, 11) is 1.36. The molecular formula is C17H21NO5. The number of benzene rings is 1. The Hall–Kier alpha value is -2.60. The number of carbonyl (C=O) groups excluding carboxylic acids is 2. The van der Waals surface area contributed by atoms with Gasteiger partial charge in [0.05, 0.1) is 7.11 Å². The van der Waals surface area contributed by atoms with E-state index in [1.807, 2.05) is 37.3 Å². The van der Waals surface area contributed by atoms with Crippen molar-refractivity contribution in [2.24, 2.45) is 0 Å². The monoisotopic (exact) mass is 319 g/mol. The van der Waals surface area contributed by atoms with Gasteiger partial charge >= 0.3 is 11.9 Å². The molecule has 0 spiro atoms. The third-order valence-electron chi connectivity index (χ3n) is 3.38. The number of esters is 2. The zero-order valence-corrected chi connectivity index (χ0v) is 13.2. The number of ether oxygens (including phenoxy) is 2. The fourth-order valence-electron chi connectivity index (χ4n) is 2.11. The first kappa shape index (κ1) is 18.4. The molecule has 0 fully saturated rings. The zero-order valence-electron chi connectivity index (χ0n) is 13.2. The SMILES string of the molecule is COC(=O)CCc1cc(C(=O)OCc2ccccc2)[nH]c1C.O. The van der Waals surface area contributed by atoms with Crippen molar-refractivity contribution in [1.82, 2.24) is 4.98 Å². The van der Waals surface area contributed by atoms with Crippen molar-refractivity contribution in [2.45, 2.75) is 26.4 Å². The molecule has 0 amide bonds. The van der Waals surface area contributed by atoms with Gasteiger partial charge in [0, 0.05) is 12.1 Å². The quantitative estimate of drug-likeness (QED) is 0.822. The van der Waals surface area contributed by atoms with E-state index < -0.39 is 5.97 Å². The molecule has 1 aromatic carbocycles. The lowest BCUT2D eigenvalue weighted by molar-refractivity contribution is -0.140. The molecule has 0 unspecified atom stereocenters. The third-order valence-corrected chi connectivity index (χ3v) is 3.38. The van der Waals surface area contributed by atoms with Crippen LogP contribution in [-0.2, 0) is 27.3 Å². The third kappa shape index (κ3) is 5.27. The van der Waals surface area contributed by atoms with Crippen LogP contribution in [0.15, 0.2) is 36.4 Å². The molecule has 0 saturated heterocycles. The van der Waals surface area contributed by atoms with Crippen LogP contribution in [0.2, 0.25) is 0 Å². The predicted molar refractivity (Wildman–Crippen MR) is 85.0 cm³/mol. The number of aromatic nitrogens is 1. The van der Waals surface area contributed by atoms with Crippen molar-refractivity contribution >= 4 is 11.9 Å². The first-order valence-electron chi connectivity index (χ1n) is 7.06. The molecule has 0 radical (unpaired) electrons. The maximum Gasteiger partial charge on any atom is 0.355 e. The van der Waals surface area contributed by atoms with Gasteiger partial charge in [0.2, 0.25) is 0 Å². The van der Waals surface area contributed by atoms with Gasteiger partial charge in [-0.3, -0.25) is 4.79 Å². The Labute approximate surface area is 134 Å². The molecule has 23 heavy (non-hydrogen) atoms. The van der Waals surface area contributed by atoms with Crippen LogP contribution in [0.1, 0.15) is 33.7 Å². The highest BCUT2D eigenvalue weighted by atomic mass is 16.5. The summed E-state index contributed by atoms with van der Waals surface area (Å²) in [6, 6.07) is 11.2. The number of aryl methyl sites for hydroxylation is 2. The van der Waals surface area contributed by atoms with Crippen LogP contribution in [0, 0.1) is 6.92 Å². The number of carbonyl (C=O) groups is 2. The number of rotatable bonds is 6. The molecule has 0 aliphatic heterocycles. The molecule has 1 aromatic heterocycles. The normalized spacial score (nSPS) is 9.83. The topological polar surface area (TPSA) is 99.9 Å². The largest absolute Gasteiger partial charge is 0.469 e. The Morgan fingerprint density at radius 1 is 1.17 bits per heavy atom. The van der Waals surface area contributed by atoms with Crippen LogP contribution in [0.4, 0.5) is 0 Å². The van der Waals surface area contributed by atoms with Crippen LogP contribution in [0.5, 0.6) is 0 Å².